The van der Waals surface area contributed by atoms with Crippen LogP contribution in [0.5, 0.6) is 0 Å². The normalized spacial score (nSPS) is 22.9. The van der Waals surface area contributed by atoms with Crippen molar-refractivity contribution >= 4 is 35.8 Å². The molecule has 1 aliphatic carbocycles. The molecule has 144 valence electrons. The molecule has 0 bridgehead atoms. The minimum absolute atomic E-state index is 0. The molecule has 5 nitrogen and oxygen atoms in total. The summed E-state index contributed by atoms with van der Waals surface area (Å²) in [4.78, 5) is 28.4. The molecule has 1 saturated heterocycles. The summed E-state index contributed by atoms with van der Waals surface area (Å²) in [6.45, 7) is 1.92. The third-order valence-corrected chi connectivity index (χ3v) is 5.55. The highest BCUT2D eigenvalue weighted by atomic mass is 35.5. The zero-order chi connectivity index (χ0) is 18.0. The summed E-state index contributed by atoms with van der Waals surface area (Å²) in [5.41, 5.74) is 6.34. The fraction of sp³-hybridized carbons (Fsp3) is 0.556. The van der Waals surface area contributed by atoms with Crippen LogP contribution in [-0.2, 0) is 4.79 Å². The van der Waals surface area contributed by atoms with Crippen molar-refractivity contribution in [1.29, 1.82) is 0 Å². The van der Waals surface area contributed by atoms with Crippen LogP contribution >= 0.6 is 24.0 Å². The number of hydrogen-bond acceptors (Lipinski definition) is 3. The second-order valence-electron chi connectivity index (χ2n) is 6.86. The van der Waals surface area contributed by atoms with E-state index in [1.54, 1.807) is 9.80 Å². The van der Waals surface area contributed by atoms with E-state index >= 15 is 0 Å². The second-order valence-corrected chi connectivity index (χ2v) is 7.26. The number of benzene rings is 1. The van der Waals surface area contributed by atoms with Crippen molar-refractivity contribution in [2.75, 3.05) is 26.2 Å². The number of nitrogens with zero attached hydrogens (tertiary/aromatic N) is 2. The van der Waals surface area contributed by atoms with Gasteiger partial charge in [0.05, 0.1) is 10.6 Å². The van der Waals surface area contributed by atoms with Crippen LogP contribution in [0.2, 0.25) is 5.02 Å². The third-order valence-electron chi connectivity index (χ3n) is 5.24. The molecular weight excluding hydrogens is 380 g/mol. The summed E-state index contributed by atoms with van der Waals surface area (Å²) >= 11 is 5.97. The molecule has 1 aromatic carbocycles. The number of nitrogens with two attached hydrogens (primary N) is 1. The largest absolute Gasteiger partial charge is 0.339 e. The lowest BCUT2D eigenvalue weighted by Crippen LogP contribution is -2.51. The van der Waals surface area contributed by atoms with Crippen molar-refractivity contribution in [2.45, 2.75) is 31.7 Å². The van der Waals surface area contributed by atoms with E-state index in [1.165, 1.54) is 12.1 Å². The Morgan fingerprint density at radius 3 is 2.38 bits per heavy atom. The lowest BCUT2D eigenvalue weighted by molar-refractivity contribution is -0.133. The lowest BCUT2D eigenvalue weighted by atomic mass is 9.99. The van der Waals surface area contributed by atoms with Gasteiger partial charge in [-0.05, 0) is 37.0 Å². The fourth-order valence-corrected chi connectivity index (χ4v) is 3.91. The molecule has 2 fully saturated rings. The molecule has 2 aliphatic rings. The Balaban J connectivity index is 0.00000243. The van der Waals surface area contributed by atoms with Crippen LogP contribution in [0, 0.1) is 11.7 Å². The van der Waals surface area contributed by atoms with Crippen molar-refractivity contribution in [3.8, 4) is 0 Å². The van der Waals surface area contributed by atoms with E-state index in [0.29, 0.717) is 38.2 Å². The van der Waals surface area contributed by atoms with Crippen molar-refractivity contribution in [1.82, 2.24) is 9.80 Å². The summed E-state index contributed by atoms with van der Waals surface area (Å²) in [6, 6.07) is 3.90. The minimum atomic E-state index is -0.470. The van der Waals surface area contributed by atoms with Crippen molar-refractivity contribution in [3.63, 3.8) is 0 Å². The van der Waals surface area contributed by atoms with Gasteiger partial charge in [0.1, 0.15) is 5.82 Å². The Labute approximate surface area is 164 Å². The van der Waals surface area contributed by atoms with E-state index < -0.39 is 5.82 Å². The van der Waals surface area contributed by atoms with E-state index in [4.69, 9.17) is 17.3 Å². The zero-order valence-electron chi connectivity index (χ0n) is 14.5. The monoisotopic (exact) mass is 403 g/mol. The van der Waals surface area contributed by atoms with Gasteiger partial charge in [0.15, 0.2) is 0 Å². The van der Waals surface area contributed by atoms with Gasteiger partial charge in [0.25, 0.3) is 5.91 Å². The first-order chi connectivity index (χ1) is 12.0. The predicted octanol–water partition coefficient (Wildman–Crippen LogP) is 2.70. The molecule has 1 aromatic rings. The number of rotatable bonds is 3. The van der Waals surface area contributed by atoms with Gasteiger partial charge in [-0.15, -0.1) is 12.4 Å². The molecule has 0 spiro atoms. The molecule has 0 aromatic heterocycles. The molecule has 1 saturated carbocycles. The molecule has 2 atom stereocenters. The number of amides is 2. The molecule has 1 heterocycles. The maximum absolute atomic E-state index is 13.1. The number of carbonyl (C=O) groups is 2. The van der Waals surface area contributed by atoms with Crippen molar-refractivity contribution < 1.29 is 14.0 Å². The van der Waals surface area contributed by atoms with Crippen LogP contribution in [0.25, 0.3) is 0 Å². The summed E-state index contributed by atoms with van der Waals surface area (Å²) in [6.07, 6.45) is 3.62. The smallest absolute Gasteiger partial charge is 0.255 e. The maximum atomic E-state index is 13.1. The summed E-state index contributed by atoms with van der Waals surface area (Å²) in [7, 11) is 0. The average Bonchev–Trinajstić information content (AvgIpc) is 2.99. The number of halogens is 3. The Morgan fingerprint density at radius 1 is 1.15 bits per heavy atom. The van der Waals surface area contributed by atoms with E-state index in [0.717, 1.165) is 25.3 Å². The van der Waals surface area contributed by atoms with Gasteiger partial charge in [-0.3, -0.25) is 9.59 Å². The van der Waals surface area contributed by atoms with Gasteiger partial charge in [0.2, 0.25) is 5.91 Å². The van der Waals surface area contributed by atoms with Crippen LogP contribution in [0.3, 0.4) is 0 Å². The molecule has 2 amide bonds. The number of hydrogen-bond donors (Lipinski definition) is 1. The summed E-state index contributed by atoms with van der Waals surface area (Å²) in [5.74, 6) is -0.295. The van der Waals surface area contributed by atoms with Crippen LogP contribution in [-0.4, -0.2) is 53.8 Å². The van der Waals surface area contributed by atoms with Gasteiger partial charge in [-0.25, -0.2) is 4.39 Å². The first-order valence-electron chi connectivity index (χ1n) is 8.73. The Bertz CT molecular complexity index is 666. The summed E-state index contributed by atoms with van der Waals surface area (Å²) < 4.78 is 13.1. The highest BCUT2D eigenvalue weighted by molar-refractivity contribution is 6.33. The van der Waals surface area contributed by atoms with Crippen molar-refractivity contribution in [3.05, 3.63) is 34.6 Å². The Kier molecular flexibility index (Phi) is 7.26. The van der Waals surface area contributed by atoms with E-state index in [2.05, 4.69) is 0 Å². The number of carbonyl (C=O) groups excluding carboxylic acids is 2. The first kappa shape index (κ1) is 20.9. The molecule has 3 rings (SSSR count). The van der Waals surface area contributed by atoms with Crippen LogP contribution in [0.15, 0.2) is 18.2 Å². The average molecular weight is 404 g/mol. The maximum Gasteiger partial charge on any atom is 0.255 e. The second kappa shape index (κ2) is 9.02. The fourth-order valence-electron chi connectivity index (χ4n) is 3.66. The molecule has 26 heavy (non-hydrogen) atoms. The standard InChI is InChI=1S/C18H23ClFN3O2.ClH/c19-15-11-13(20)4-5-14(15)18(25)23-8-6-22(7-9-23)17(24)10-12-2-1-3-16(12)21;/h4-5,11-12,16H,1-3,6-10,21H2;1H/t12-,16+;/m0./s1. The van der Waals surface area contributed by atoms with Crippen LogP contribution in [0.1, 0.15) is 36.0 Å². The van der Waals surface area contributed by atoms with E-state index in [-0.39, 0.29) is 41.2 Å². The van der Waals surface area contributed by atoms with Crippen LogP contribution in [0.4, 0.5) is 4.39 Å². The molecule has 8 heteroatoms. The summed E-state index contributed by atoms with van der Waals surface area (Å²) in [5, 5.41) is 0.110. The van der Waals surface area contributed by atoms with Crippen molar-refractivity contribution in [2.24, 2.45) is 11.7 Å². The van der Waals surface area contributed by atoms with Gasteiger partial charge in [-0.2, -0.15) is 0 Å². The van der Waals surface area contributed by atoms with Gasteiger partial charge in [0, 0.05) is 38.6 Å². The SMILES string of the molecule is Cl.N[C@@H]1CCC[C@H]1CC(=O)N1CCN(C(=O)c2ccc(F)cc2Cl)CC1. The highest BCUT2D eigenvalue weighted by Gasteiger charge is 2.30. The van der Waals surface area contributed by atoms with Gasteiger partial charge in [-0.1, -0.05) is 18.0 Å². The van der Waals surface area contributed by atoms with E-state index in [9.17, 15) is 14.0 Å². The Morgan fingerprint density at radius 2 is 1.81 bits per heavy atom. The molecular formula is C18H24Cl2FN3O2. The molecule has 0 unspecified atom stereocenters. The third kappa shape index (κ3) is 4.67. The highest BCUT2D eigenvalue weighted by Crippen LogP contribution is 2.27. The van der Waals surface area contributed by atoms with Gasteiger partial charge >= 0.3 is 0 Å². The lowest BCUT2D eigenvalue weighted by Gasteiger charge is -2.35. The first-order valence-corrected chi connectivity index (χ1v) is 9.11. The quantitative estimate of drug-likeness (QED) is 0.843. The minimum Gasteiger partial charge on any atom is -0.339 e. The zero-order valence-corrected chi connectivity index (χ0v) is 16.1. The van der Waals surface area contributed by atoms with Gasteiger partial charge < -0.3 is 15.5 Å². The molecule has 2 N–H and O–H groups in total. The Hall–Kier alpha value is -1.37. The van der Waals surface area contributed by atoms with E-state index in [1.807, 2.05) is 0 Å². The molecule has 1 aliphatic heterocycles. The van der Waals surface area contributed by atoms with Crippen LogP contribution < -0.4 is 5.73 Å². The topological polar surface area (TPSA) is 66.6 Å². The molecule has 0 radical (unpaired) electrons. The number of piperazine rings is 1. The predicted molar refractivity (Wildman–Crippen MR) is 101 cm³/mol.